The van der Waals surface area contributed by atoms with Gasteiger partial charge in [-0.3, -0.25) is 0 Å². The average molecular weight is 279 g/mol. The summed E-state index contributed by atoms with van der Waals surface area (Å²) in [7, 11) is 0. The van der Waals surface area contributed by atoms with Gasteiger partial charge in [-0.05, 0) is 38.8 Å². The highest BCUT2D eigenvalue weighted by Gasteiger charge is 2.08. The average Bonchev–Trinajstić information content (AvgIpc) is 2.41. The minimum atomic E-state index is -0.344. The largest absolute Gasteiger partial charge is 0.370 e. The van der Waals surface area contributed by atoms with E-state index in [9.17, 15) is 0 Å². The number of aliphatic imine (C=N–C) groups is 1. The Hall–Kier alpha value is -1.59. The van der Waals surface area contributed by atoms with Crippen LogP contribution in [0.5, 0.6) is 0 Å². The van der Waals surface area contributed by atoms with Crippen molar-refractivity contribution in [2.24, 2.45) is 10.7 Å². The van der Waals surface area contributed by atoms with Gasteiger partial charge in [0.1, 0.15) is 0 Å². The van der Waals surface area contributed by atoms with E-state index in [1.54, 1.807) is 0 Å². The van der Waals surface area contributed by atoms with E-state index in [4.69, 9.17) is 15.2 Å². The van der Waals surface area contributed by atoms with Crippen molar-refractivity contribution in [2.75, 3.05) is 25.1 Å². The molecule has 20 heavy (non-hydrogen) atoms. The summed E-state index contributed by atoms with van der Waals surface area (Å²) in [6, 6.07) is 6.08. The van der Waals surface area contributed by atoms with Gasteiger partial charge in [-0.2, -0.15) is 0 Å². The predicted molar refractivity (Wildman–Crippen MR) is 83.1 cm³/mol. The summed E-state index contributed by atoms with van der Waals surface area (Å²) in [5, 5.41) is 3.13. The number of hydrogen-bond donors (Lipinski definition) is 2. The third-order valence-electron chi connectivity index (χ3n) is 2.85. The Kier molecular flexibility index (Phi) is 7.04. The first kappa shape index (κ1) is 16.5. The van der Waals surface area contributed by atoms with Crippen molar-refractivity contribution in [1.82, 2.24) is 0 Å². The summed E-state index contributed by atoms with van der Waals surface area (Å²) in [5.74, 6) is 0.367. The maximum atomic E-state index is 5.91. The zero-order valence-electron chi connectivity index (χ0n) is 12.8. The zero-order valence-corrected chi connectivity index (χ0v) is 12.8. The number of anilines is 1. The number of benzene rings is 1. The number of aryl methyl sites for hydroxylation is 2. The van der Waals surface area contributed by atoms with Gasteiger partial charge in [-0.15, -0.1) is 0 Å². The van der Waals surface area contributed by atoms with E-state index in [0.717, 1.165) is 16.8 Å². The minimum Gasteiger partial charge on any atom is -0.370 e. The minimum absolute atomic E-state index is 0.344. The lowest BCUT2D eigenvalue weighted by atomic mass is 10.1. The van der Waals surface area contributed by atoms with Crippen molar-refractivity contribution in [3.05, 3.63) is 29.3 Å². The number of rotatable bonds is 7. The molecule has 112 valence electrons. The van der Waals surface area contributed by atoms with Crippen LogP contribution < -0.4 is 11.1 Å². The fraction of sp³-hybridized carbons (Fsp3) is 0.533. The molecule has 1 aromatic carbocycles. The first-order valence-corrected chi connectivity index (χ1v) is 6.94. The molecule has 0 aliphatic carbocycles. The lowest BCUT2D eigenvalue weighted by Gasteiger charge is -2.16. The molecule has 0 saturated heterocycles. The lowest BCUT2D eigenvalue weighted by molar-refractivity contribution is -0.128. The molecule has 0 fully saturated rings. The van der Waals surface area contributed by atoms with Crippen molar-refractivity contribution >= 4 is 11.6 Å². The number of hydrogen-bond acceptors (Lipinski definition) is 3. The standard InChI is InChI=1S/C15H25N3O2/c1-5-19-13(20-6-2)10-17-15(16)18-14-11(3)8-7-9-12(14)4/h7-9,13H,5-6,10H2,1-4H3,(H3,16,17,18). The summed E-state index contributed by atoms with van der Waals surface area (Å²) in [5.41, 5.74) is 9.18. The number of ether oxygens (including phenoxy) is 2. The SMILES string of the molecule is CCOC(CN=C(N)Nc1c(C)cccc1C)OCC. The number of para-hydroxylation sites is 1. The van der Waals surface area contributed by atoms with E-state index in [1.807, 2.05) is 45.9 Å². The molecule has 0 aliphatic heterocycles. The van der Waals surface area contributed by atoms with Gasteiger partial charge in [0.2, 0.25) is 0 Å². The van der Waals surface area contributed by atoms with Crippen LogP contribution in [0.15, 0.2) is 23.2 Å². The van der Waals surface area contributed by atoms with Gasteiger partial charge in [0.25, 0.3) is 0 Å². The van der Waals surface area contributed by atoms with Crippen LogP contribution in [0.2, 0.25) is 0 Å². The first-order chi connectivity index (χ1) is 9.58. The second kappa shape index (κ2) is 8.55. The number of nitrogens with zero attached hydrogens (tertiary/aromatic N) is 1. The summed E-state index contributed by atoms with van der Waals surface area (Å²) in [6.45, 7) is 9.47. The van der Waals surface area contributed by atoms with E-state index in [2.05, 4.69) is 10.3 Å². The molecule has 1 rings (SSSR count). The smallest absolute Gasteiger partial charge is 0.193 e. The van der Waals surface area contributed by atoms with Gasteiger partial charge in [-0.1, -0.05) is 18.2 Å². The van der Waals surface area contributed by atoms with Crippen molar-refractivity contribution in [3.63, 3.8) is 0 Å². The van der Waals surface area contributed by atoms with Crippen molar-refractivity contribution in [2.45, 2.75) is 34.0 Å². The molecule has 0 aromatic heterocycles. The van der Waals surface area contributed by atoms with Crippen molar-refractivity contribution in [1.29, 1.82) is 0 Å². The van der Waals surface area contributed by atoms with Crippen LogP contribution in [-0.4, -0.2) is 32.0 Å². The van der Waals surface area contributed by atoms with Gasteiger partial charge in [0.15, 0.2) is 12.2 Å². The van der Waals surface area contributed by atoms with Crippen LogP contribution in [0, 0.1) is 13.8 Å². The Morgan fingerprint density at radius 1 is 1.20 bits per heavy atom. The van der Waals surface area contributed by atoms with Gasteiger partial charge < -0.3 is 20.5 Å². The number of guanidine groups is 1. The van der Waals surface area contributed by atoms with Crippen molar-refractivity contribution < 1.29 is 9.47 Å². The normalized spacial score (nSPS) is 11.9. The van der Waals surface area contributed by atoms with Crippen molar-refractivity contribution in [3.8, 4) is 0 Å². The Balaban J connectivity index is 2.65. The molecule has 5 nitrogen and oxygen atoms in total. The Morgan fingerprint density at radius 2 is 1.75 bits per heavy atom. The second-order valence-electron chi connectivity index (χ2n) is 4.46. The Bertz CT molecular complexity index is 420. The molecule has 1 aromatic rings. The zero-order chi connectivity index (χ0) is 15.0. The molecule has 0 bridgehead atoms. The molecule has 0 aliphatic rings. The third-order valence-corrected chi connectivity index (χ3v) is 2.85. The second-order valence-corrected chi connectivity index (χ2v) is 4.46. The number of nitrogens with two attached hydrogens (primary N) is 1. The monoisotopic (exact) mass is 279 g/mol. The van der Waals surface area contributed by atoms with Crippen LogP contribution >= 0.6 is 0 Å². The number of nitrogens with one attached hydrogen (secondary N) is 1. The molecule has 3 N–H and O–H groups in total. The first-order valence-electron chi connectivity index (χ1n) is 6.94. The van der Waals surface area contributed by atoms with Gasteiger partial charge in [-0.25, -0.2) is 4.99 Å². The molecule has 0 unspecified atom stereocenters. The van der Waals surface area contributed by atoms with Gasteiger partial charge in [0.05, 0.1) is 6.54 Å². The molecular weight excluding hydrogens is 254 g/mol. The predicted octanol–water partition coefficient (Wildman–Crippen LogP) is 2.43. The van der Waals surface area contributed by atoms with Gasteiger partial charge >= 0.3 is 0 Å². The molecule has 5 heteroatoms. The van der Waals surface area contributed by atoms with Crippen LogP contribution in [0.1, 0.15) is 25.0 Å². The van der Waals surface area contributed by atoms with E-state index in [0.29, 0.717) is 25.7 Å². The summed E-state index contributed by atoms with van der Waals surface area (Å²) < 4.78 is 10.8. The highest BCUT2D eigenvalue weighted by molar-refractivity contribution is 5.93. The summed E-state index contributed by atoms with van der Waals surface area (Å²) >= 11 is 0. The maximum absolute atomic E-state index is 5.91. The quantitative estimate of drug-likeness (QED) is 0.457. The molecule has 0 heterocycles. The highest BCUT2D eigenvalue weighted by Crippen LogP contribution is 2.18. The summed E-state index contributed by atoms with van der Waals surface area (Å²) in [4.78, 5) is 4.27. The molecular formula is C15H25N3O2. The summed E-state index contributed by atoms with van der Waals surface area (Å²) in [6.07, 6.45) is -0.344. The maximum Gasteiger partial charge on any atom is 0.193 e. The topological polar surface area (TPSA) is 68.9 Å². The van der Waals surface area contributed by atoms with Gasteiger partial charge in [0, 0.05) is 18.9 Å². The fourth-order valence-electron chi connectivity index (χ4n) is 1.88. The molecule has 0 radical (unpaired) electrons. The van der Waals surface area contributed by atoms with E-state index >= 15 is 0 Å². The third kappa shape index (κ3) is 5.19. The van der Waals surface area contributed by atoms with Crippen LogP contribution in [0.25, 0.3) is 0 Å². The molecule has 0 spiro atoms. The Morgan fingerprint density at radius 3 is 2.25 bits per heavy atom. The van der Waals surface area contributed by atoms with E-state index in [1.165, 1.54) is 0 Å². The van der Waals surface area contributed by atoms with E-state index in [-0.39, 0.29) is 6.29 Å². The van der Waals surface area contributed by atoms with Crippen LogP contribution in [0.3, 0.4) is 0 Å². The highest BCUT2D eigenvalue weighted by atomic mass is 16.7. The van der Waals surface area contributed by atoms with E-state index < -0.39 is 0 Å². The van der Waals surface area contributed by atoms with Crippen LogP contribution in [-0.2, 0) is 9.47 Å². The lowest BCUT2D eigenvalue weighted by Crippen LogP contribution is -2.27. The molecule has 0 amide bonds. The van der Waals surface area contributed by atoms with Crippen LogP contribution in [0.4, 0.5) is 5.69 Å². The Labute approximate surface area is 121 Å². The molecule has 0 atom stereocenters. The molecule has 0 saturated carbocycles. The fourth-order valence-corrected chi connectivity index (χ4v) is 1.88.